The molecule has 5 aromatic carbocycles. The highest BCUT2D eigenvalue weighted by molar-refractivity contribution is 5.97. The molecule has 0 atom stereocenters. The Balaban J connectivity index is 1.68. The van der Waals surface area contributed by atoms with Crippen molar-refractivity contribution in [1.82, 2.24) is 0 Å². The molecule has 0 saturated carbocycles. The molecule has 154 valence electrons. The van der Waals surface area contributed by atoms with Gasteiger partial charge < -0.3 is 14.9 Å². The fraction of sp³-hybridized carbons (Fsp3) is 0.0357. The van der Waals surface area contributed by atoms with Gasteiger partial charge in [-0.25, -0.2) is 4.79 Å². The first-order chi connectivity index (χ1) is 15.5. The summed E-state index contributed by atoms with van der Waals surface area (Å²) in [6.07, 6.45) is 0. The van der Waals surface area contributed by atoms with Gasteiger partial charge in [-0.3, -0.25) is 0 Å². The van der Waals surface area contributed by atoms with Crippen LogP contribution < -0.4 is 0 Å². The molecule has 2 N–H and O–H groups in total. The molecule has 0 spiro atoms. The number of carbonyl (C=O) groups excluding carboxylic acids is 1. The van der Waals surface area contributed by atoms with Crippen LogP contribution in [0.5, 0.6) is 11.5 Å². The Kier molecular flexibility index (Phi) is 3.80. The van der Waals surface area contributed by atoms with E-state index in [2.05, 4.69) is 0 Å². The standard InChI is InChI=1S/C28H18O4/c29-23-11-7-17-5-9-21(13-19(17)15-23)28(26-4-2-1-3-25(26)27(31)32-28)22-10-6-18-8-12-24(30)16-20(18)14-22/h1-16,29-30H. The second-order valence-electron chi connectivity index (χ2n) is 8.11. The first-order valence-corrected chi connectivity index (χ1v) is 10.3. The van der Waals surface area contributed by atoms with E-state index >= 15 is 0 Å². The number of fused-ring (bicyclic) bond motifs is 3. The van der Waals surface area contributed by atoms with Gasteiger partial charge in [0.15, 0.2) is 5.60 Å². The van der Waals surface area contributed by atoms with Gasteiger partial charge in [-0.2, -0.15) is 0 Å². The number of carbonyl (C=O) groups is 1. The number of esters is 1. The number of benzene rings is 5. The van der Waals surface area contributed by atoms with Gasteiger partial charge in [-0.05, 0) is 64.0 Å². The normalized spacial score (nSPS) is 14.4. The predicted octanol–water partition coefficient (Wildman–Crippen LogP) is 5.87. The minimum atomic E-state index is -1.15. The van der Waals surface area contributed by atoms with E-state index in [1.54, 1.807) is 30.3 Å². The zero-order valence-corrected chi connectivity index (χ0v) is 16.9. The minimum absolute atomic E-state index is 0.175. The number of ether oxygens (including phenoxy) is 1. The molecular weight excluding hydrogens is 400 g/mol. The van der Waals surface area contributed by atoms with Gasteiger partial charge in [-0.15, -0.1) is 0 Å². The lowest BCUT2D eigenvalue weighted by Crippen LogP contribution is -2.29. The van der Waals surface area contributed by atoms with Crippen LogP contribution in [0.2, 0.25) is 0 Å². The number of phenols is 2. The molecule has 1 heterocycles. The van der Waals surface area contributed by atoms with Crippen LogP contribution in [0.3, 0.4) is 0 Å². The lowest BCUT2D eigenvalue weighted by Gasteiger charge is -2.31. The maximum Gasteiger partial charge on any atom is 0.340 e. The quantitative estimate of drug-likeness (QED) is 0.352. The maximum absolute atomic E-state index is 13.0. The molecule has 0 unspecified atom stereocenters. The highest BCUT2D eigenvalue weighted by Gasteiger charge is 2.48. The van der Waals surface area contributed by atoms with E-state index in [0.29, 0.717) is 5.56 Å². The van der Waals surface area contributed by atoms with Crippen LogP contribution >= 0.6 is 0 Å². The van der Waals surface area contributed by atoms with Gasteiger partial charge in [0, 0.05) is 16.7 Å². The molecule has 0 radical (unpaired) electrons. The van der Waals surface area contributed by atoms with Crippen molar-refractivity contribution in [2.45, 2.75) is 5.60 Å². The molecule has 1 aliphatic rings. The molecule has 0 amide bonds. The highest BCUT2D eigenvalue weighted by atomic mass is 16.6. The first kappa shape index (κ1) is 18.5. The Morgan fingerprint density at radius 1 is 0.594 bits per heavy atom. The van der Waals surface area contributed by atoms with Crippen LogP contribution in [0.4, 0.5) is 0 Å². The van der Waals surface area contributed by atoms with Crippen molar-refractivity contribution in [3.63, 3.8) is 0 Å². The minimum Gasteiger partial charge on any atom is -0.508 e. The van der Waals surface area contributed by atoms with Crippen molar-refractivity contribution in [1.29, 1.82) is 0 Å². The topological polar surface area (TPSA) is 66.8 Å². The third-order valence-electron chi connectivity index (χ3n) is 6.23. The van der Waals surface area contributed by atoms with Crippen LogP contribution in [-0.2, 0) is 10.3 Å². The van der Waals surface area contributed by atoms with Crippen molar-refractivity contribution >= 4 is 27.5 Å². The van der Waals surface area contributed by atoms with Gasteiger partial charge in [0.25, 0.3) is 0 Å². The SMILES string of the molecule is O=C1OC(c2ccc3ccc(O)cc3c2)(c2ccc3ccc(O)cc3c2)c2ccccc21. The monoisotopic (exact) mass is 418 g/mol. The Morgan fingerprint density at radius 2 is 1.12 bits per heavy atom. The molecule has 5 aromatic rings. The second-order valence-corrected chi connectivity index (χ2v) is 8.11. The van der Waals surface area contributed by atoms with Gasteiger partial charge in [0.1, 0.15) is 11.5 Å². The summed E-state index contributed by atoms with van der Waals surface area (Å²) in [6, 6.07) is 29.6. The Bertz CT molecular complexity index is 1470. The fourth-order valence-corrected chi connectivity index (χ4v) is 4.72. The van der Waals surface area contributed by atoms with Gasteiger partial charge >= 0.3 is 5.97 Å². The van der Waals surface area contributed by atoms with Gasteiger partial charge in [0.2, 0.25) is 0 Å². The summed E-state index contributed by atoms with van der Waals surface area (Å²) in [5.74, 6) is -0.0324. The van der Waals surface area contributed by atoms with Crippen molar-refractivity contribution in [2.75, 3.05) is 0 Å². The molecule has 32 heavy (non-hydrogen) atoms. The molecule has 1 aliphatic heterocycles. The summed E-state index contributed by atoms with van der Waals surface area (Å²) >= 11 is 0. The number of phenolic OH excluding ortho intramolecular Hbond substituents is 2. The summed E-state index contributed by atoms with van der Waals surface area (Å²) in [4.78, 5) is 13.0. The largest absolute Gasteiger partial charge is 0.508 e. The van der Waals surface area contributed by atoms with E-state index in [1.807, 2.05) is 66.7 Å². The van der Waals surface area contributed by atoms with E-state index in [4.69, 9.17) is 4.74 Å². The zero-order chi connectivity index (χ0) is 21.9. The summed E-state index contributed by atoms with van der Waals surface area (Å²) in [7, 11) is 0. The molecular formula is C28H18O4. The first-order valence-electron chi connectivity index (χ1n) is 10.3. The zero-order valence-electron chi connectivity index (χ0n) is 16.9. The summed E-state index contributed by atoms with van der Waals surface area (Å²) in [6.45, 7) is 0. The third-order valence-corrected chi connectivity index (χ3v) is 6.23. The Morgan fingerprint density at radius 3 is 1.72 bits per heavy atom. The molecule has 6 rings (SSSR count). The van der Waals surface area contributed by atoms with Crippen molar-refractivity contribution in [2.24, 2.45) is 0 Å². The predicted molar refractivity (Wildman–Crippen MR) is 123 cm³/mol. The van der Waals surface area contributed by atoms with Crippen molar-refractivity contribution in [3.05, 3.63) is 119 Å². The van der Waals surface area contributed by atoms with Crippen molar-refractivity contribution in [3.8, 4) is 11.5 Å². The lowest BCUT2D eigenvalue weighted by atomic mass is 9.79. The highest BCUT2D eigenvalue weighted by Crippen LogP contribution is 2.48. The average Bonchev–Trinajstić information content (AvgIpc) is 3.11. The summed E-state index contributed by atoms with van der Waals surface area (Å²) in [5.41, 5.74) is 1.72. The number of aromatic hydroxyl groups is 2. The molecule has 0 fully saturated rings. The number of rotatable bonds is 2. The molecule has 0 aromatic heterocycles. The van der Waals surface area contributed by atoms with E-state index < -0.39 is 5.60 Å². The van der Waals surface area contributed by atoms with E-state index in [9.17, 15) is 15.0 Å². The maximum atomic E-state index is 13.0. The van der Waals surface area contributed by atoms with Crippen molar-refractivity contribution < 1.29 is 19.7 Å². The smallest absolute Gasteiger partial charge is 0.340 e. The Labute approximate surface area is 183 Å². The fourth-order valence-electron chi connectivity index (χ4n) is 4.72. The molecule has 0 aliphatic carbocycles. The Hall–Kier alpha value is -4.31. The molecule has 0 bridgehead atoms. The lowest BCUT2D eigenvalue weighted by molar-refractivity contribution is 0.0252. The number of cyclic esters (lactones) is 1. The van der Waals surface area contributed by atoms with Crippen LogP contribution in [0.25, 0.3) is 21.5 Å². The van der Waals surface area contributed by atoms with Crippen LogP contribution in [-0.4, -0.2) is 16.2 Å². The summed E-state index contributed by atoms with van der Waals surface area (Å²) < 4.78 is 6.19. The second kappa shape index (κ2) is 6.59. The van der Waals surface area contributed by atoms with Gasteiger partial charge in [-0.1, -0.05) is 54.6 Å². The third kappa shape index (κ3) is 2.59. The number of hydrogen-bond donors (Lipinski definition) is 2. The van der Waals surface area contributed by atoms with Crippen LogP contribution in [0, 0.1) is 0 Å². The average molecular weight is 418 g/mol. The van der Waals surface area contributed by atoms with Crippen LogP contribution in [0.1, 0.15) is 27.0 Å². The van der Waals surface area contributed by atoms with Crippen LogP contribution in [0.15, 0.2) is 97.1 Å². The van der Waals surface area contributed by atoms with E-state index in [-0.39, 0.29) is 17.5 Å². The molecule has 4 nitrogen and oxygen atoms in total. The van der Waals surface area contributed by atoms with E-state index in [1.165, 1.54) is 0 Å². The van der Waals surface area contributed by atoms with Gasteiger partial charge in [0.05, 0.1) is 5.56 Å². The molecule has 0 saturated heterocycles. The molecule has 4 heteroatoms. The number of hydrogen-bond acceptors (Lipinski definition) is 4. The summed E-state index contributed by atoms with van der Waals surface area (Å²) in [5, 5.41) is 23.7. The van der Waals surface area contributed by atoms with E-state index in [0.717, 1.165) is 38.2 Å².